The lowest BCUT2D eigenvalue weighted by Crippen LogP contribution is -2.36. The van der Waals surface area contributed by atoms with Crippen LogP contribution in [0.1, 0.15) is 42.6 Å². The number of hydrogen-bond donors (Lipinski definition) is 3. The van der Waals surface area contributed by atoms with Crippen molar-refractivity contribution in [2.24, 2.45) is 5.92 Å². The fourth-order valence-electron chi connectivity index (χ4n) is 3.56. The van der Waals surface area contributed by atoms with Gasteiger partial charge in [-0.1, -0.05) is 12.8 Å². The molecular formula is C17H24N4O3. The standard InChI is InChI=1S/C17H24N4O3/c1-10-13(11(2)21-15(19-10)8-17(24)20-21)7-16(23)18-9-14(22)12-5-3-4-6-12/h8,12,14,22H,3-7,9H2,1-2H3,(H,18,23)(H,20,24). The molecule has 0 aromatic carbocycles. The van der Waals surface area contributed by atoms with E-state index in [-0.39, 0.29) is 24.4 Å². The highest BCUT2D eigenvalue weighted by atomic mass is 16.3. The van der Waals surface area contributed by atoms with Crippen LogP contribution in [0.2, 0.25) is 0 Å². The normalized spacial score (nSPS) is 16.6. The fourth-order valence-corrected chi connectivity index (χ4v) is 3.56. The fraction of sp³-hybridized carbons (Fsp3) is 0.588. The largest absolute Gasteiger partial charge is 0.391 e. The van der Waals surface area contributed by atoms with Gasteiger partial charge in [0.05, 0.1) is 12.5 Å². The minimum atomic E-state index is -0.472. The lowest BCUT2D eigenvalue weighted by molar-refractivity contribution is -0.121. The quantitative estimate of drug-likeness (QED) is 0.756. The number of rotatable bonds is 5. The molecule has 0 radical (unpaired) electrons. The first-order chi connectivity index (χ1) is 11.5. The summed E-state index contributed by atoms with van der Waals surface area (Å²) < 4.78 is 1.60. The number of carbonyl (C=O) groups is 1. The molecule has 0 aliphatic heterocycles. The number of aliphatic hydroxyl groups excluding tert-OH is 1. The Morgan fingerprint density at radius 2 is 2.17 bits per heavy atom. The van der Waals surface area contributed by atoms with Gasteiger partial charge in [0, 0.05) is 29.6 Å². The molecule has 0 spiro atoms. The van der Waals surface area contributed by atoms with E-state index in [1.807, 2.05) is 13.8 Å². The first kappa shape index (κ1) is 16.7. The zero-order valence-corrected chi connectivity index (χ0v) is 14.1. The molecule has 0 saturated heterocycles. The minimum Gasteiger partial charge on any atom is -0.391 e. The number of aryl methyl sites for hydroxylation is 2. The summed E-state index contributed by atoms with van der Waals surface area (Å²) in [6, 6.07) is 1.43. The van der Waals surface area contributed by atoms with Crippen LogP contribution in [0.4, 0.5) is 0 Å². The summed E-state index contributed by atoms with van der Waals surface area (Å²) in [5, 5.41) is 15.6. The number of nitrogens with one attached hydrogen (secondary N) is 2. The molecule has 2 heterocycles. The van der Waals surface area contributed by atoms with E-state index in [4.69, 9.17) is 0 Å². The highest BCUT2D eigenvalue weighted by molar-refractivity contribution is 5.79. The van der Waals surface area contributed by atoms with E-state index in [1.165, 1.54) is 6.07 Å². The molecule has 2 aromatic rings. The van der Waals surface area contributed by atoms with Crippen molar-refractivity contribution in [3.05, 3.63) is 33.4 Å². The van der Waals surface area contributed by atoms with Crippen molar-refractivity contribution in [2.45, 2.75) is 52.1 Å². The van der Waals surface area contributed by atoms with Gasteiger partial charge in [-0.3, -0.25) is 14.7 Å². The van der Waals surface area contributed by atoms with Crippen molar-refractivity contribution >= 4 is 11.6 Å². The van der Waals surface area contributed by atoms with Gasteiger partial charge in [-0.25, -0.2) is 9.50 Å². The van der Waals surface area contributed by atoms with Crippen LogP contribution in [0.25, 0.3) is 5.65 Å². The Morgan fingerprint density at radius 3 is 2.88 bits per heavy atom. The average molecular weight is 332 g/mol. The number of aromatic nitrogens is 3. The molecular weight excluding hydrogens is 308 g/mol. The monoisotopic (exact) mass is 332 g/mol. The second kappa shape index (κ2) is 6.76. The molecule has 2 aromatic heterocycles. The molecule has 130 valence electrons. The molecule has 24 heavy (non-hydrogen) atoms. The smallest absolute Gasteiger partial charge is 0.266 e. The Balaban J connectivity index is 1.67. The summed E-state index contributed by atoms with van der Waals surface area (Å²) in [7, 11) is 0. The third kappa shape index (κ3) is 3.36. The van der Waals surface area contributed by atoms with Gasteiger partial charge in [-0.2, -0.15) is 0 Å². The van der Waals surface area contributed by atoms with E-state index in [9.17, 15) is 14.7 Å². The molecule has 1 amide bonds. The van der Waals surface area contributed by atoms with Crippen LogP contribution in [0.3, 0.4) is 0 Å². The number of amides is 1. The Bertz CT molecular complexity index is 802. The summed E-state index contributed by atoms with van der Waals surface area (Å²) in [5.41, 5.74) is 2.66. The third-order valence-corrected chi connectivity index (χ3v) is 4.99. The lowest BCUT2D eigenvalue weighted by Gasteiger charge is -2.18. The number of H-pyrrole nitrogens is 1. The van der Waals surface area contributed by atoms with E-state index < -0.39 is 6.10 Å². The molecule has 7 heteroatoms. The van der Waals surface area contributed by atoms with Crippen LogP contribution in [-0.2, 0) is 11.2 Å². The minimum absolute atomic E-state index is 0.145. The molecule has 1 fully saturated rings. The van der Waals surface area contributed by atoms with Crippen LogP contribution >= 0.6 is 0 Å². The first-order valence-electron chi connectivity index (χ1n) is 8.48. The van der Waals surface area contributed by atoms with Gasteiger partial charge < -0.3 is 10.4 Å². The Hall–Kier alpha value is -2.15. The number of nitrogens with zero attached hydrogens (tertiary/aromatic N) is 2. The van der Waals surface area contributed by atoms with E-state index in [1.54, 1.807) is 4.52 Å². The van der Waals surface area contributed by atoms with Crippen molar-refractivity contribution in [2.75, 3.05) is 6.54 Å². The van der Waals surface area contributed by atoms with Gasteiger partial charge in [0.1, 0.15) is 0 Å². The maximum atomic E-state index is 12.2. The maximum absolute atomic E-state index is 12.2. The Labute approximate surface area is 140 Å². The molecule has 1 unspecified atom stereocenters. The van der Waals surface area contributed by atoms with Crippen molar-refractivity contribution in [3.63, 3.8) is 0 Å². The van der Waals surface area contributed by atoms with Gasteiger partial charge in [0.25, 0.3) is 5.56 Å². The zero-order valence-electron chi connectivity index (χ0n) is 14.1. The summed E-state index contributed by atoms with van der Waals surface area (Å²) >= 11 is 0. The number of aromatic amines is 1. The number of aliphatic hydroxyl groups is 1. The lowest BCUT2D eigenvalue weighted by atomic mass is 10.0. The molecule has 7 nitrogen and oxygen atoms in total. The van der Waals surface area contributed by atoms with Crippen LogP contribution in [-0.4, -0.2) is 38.3 Å². The van der Waals surface area contributed by atoms with Crippen LogP contribution in [0.5, 0.6) is 0 Å². The molecule has 3 rings (SSSR count). The molecule has 1 aliphatic rings. The van der Waals surface area contributed by atoms with E-state index >= 15 is 0 Å². The van der Waals surface area contributed by atoms with Crippen LogP contribution in [0.15, 0.2) is 10.9 Å². The van der Waals surface area contributed by atoms with Crippen molar-refractivity contribution in [3.8, 4) is 0 Å². The van der Waals surface area contributed by atoms with E-state index in [2.05, 4.69) is 15.4 Å². The Kier molecular flexibility index (Phi) is 4.71. The number of hydrogen-bond acceptors (Lipinski definition) is 4. The number of carbonyl (C=O) groups excluding carboxylic acids is 1. The maximum Gasteiger partial charge on any atom is 0.266 e. The molecule has 3 N–H and O–H groups in total. The van der Waals surface area contributed by atoms with Gasteiger partial charge >= 0.3 is 0 Å². The second-order valence-corrected chi connectivity index (χ2v) is 6.67. The van der Waals surface area contributed by atoms with Crippen LogP contribution < -0.4 is 10.9 Å². The van der Waals surface area contributed by atoms with Crippen molar-refractivity contribution < 1.29 is 9.90 Å². The highest BCUT2D eigenvalue weighted by Gasteiger charge is 2.23. The van der Waals surface area contributed by atoms with Crippen LogP contribution in [0, 0.1) is 19.8 Å². The average Bonchev–Trinajstić information content (AvgIpc) is 3.18. The molecule has 1 aliphatic carbocycles. The number of fused-ring (bicyclic) bond motifs is 1. The predicted molar refractivity (Wildman–Crippen MR) is 90.0 cm³/mol. The van der Waals surface area contributed by atoms with E-state index in [0.717, 1.165) is 42.6 Å². The third-order valence-electron chi connectivity index (χ3n) is 4.99. The van der Waals surface area contributed by atoms with Gasteiger partial charge in [-0.05, 0) is 32.6 Å². The molecule has 1 saturated carbocycles. The SMILES string of the molecule is Cc1nc2cc(=O)[nH]n2c(C)c1CC(=O)NCC(O)C1CCCC1. The van der Waals surface area contributed by atoms with Gasteiger partial charge in [-0.15, -0.1) is 0 Å². The highest BCUT2D eigenvalue weighted by Crippen LogP contribution is 2.27. The zero-order chi connectivity index (χ0) is 17.3. The second-order valence-electron chi connectivity index (χ2n) is 6.67. The summed E-state index contributed by atoms with van der Waals surface area (Å²) in [6.45, 7) is 3.98. The van der Waals surface area contributed by atoms with Gasteiger partial charge in [0.15, 0.2) is 5.65 Å². The summed E-state index contributed by atoms with van der Waals surface area (Å²) in [5.74, 6) is 0.158. The molecule has 1 atom stereocenters. The summed E-state index contributed by atoms with van der Waals surface area (Å²) in [6.07, 6.45) is 4.11. The Morgan fingerprint density at radius 1 is 1.46 bits per heavy atom. The van der Waals surface area contributed by atoms with Crippen molar-refractivity contribution in [1.29, 1.82) is 0 Å². The first-order valence-corrected chi connectivity index (χ1v) is 8.48. The topological polar surface area (TPSA) is 99.5 Å². The van der Waals surface area contributed by atoms with Crippen molar-refractivity contribution in [1.82, 2.24) is 19.9 Å². The predicted octanol–water partition coefficient (Wildman–Crippen LogP) is 0.849. The summed E-state index contributed by atoms with van der Waals surface area (Å²) in [4.78, 5) is 28.1. The van der Waals surface area contributed by atoms with Gasteiger partial charge in [0.2, 0.25) is 5.91 Å². The molecule has 0 bridgehead atoms. The van der Waals surface area contributed by atoms with E-state index in [0.29, 0.717) is 11.6 Å².